The molecule has 100 valence electrons. The van der Waals surface area contributed by atoms with Crippen LogP contribution in [0.15, 0.2) is 30.5 Å². The monoisotopic (exact) mass is 286 g/mol. The molecule has 0 fully saturated rings. The Hall–Kier alpha value is -1.62. The Balaban J connectivity index is 2.35. The van der Waals surface area contributed by atoms with Crippen molar-refractivity contribution in [3.8, 4) is 11.3 Å². The summed E-state index contributed by atoms with van der Waals surface area (Å²) < 4.78 is 37.2. The van der Waals surface area contributed by atoms with Gasteiger partial charge in [-0.3, -0.25) is 9.97 Å². The summed E-state index contributed by atoms with van der Waals surface area (Å²) in [5.41, 5.74) is 1.85. The summed E-state index contributed by atoms with van der Waals surface area (Å²) in [6, 6.07) is 5.83. The number of halogens is 4. The SMILES string of the molecule is Cc1nc(-c2ccc(C(F)(F)F)nc2)ccc1CCl. The lowest BCUT2D eigenvalue weighted by molar-refractivity contribution is -0.141. The lowest BCUT2D eigenvalue weighted by Gasteiger charge is -2.08. The highest BCUT2D eigenvalue weighted by Gasteiger charge is 2.32. The van der Waals surface area contributed by atoms with E-state index in [4.69, 9.17) is 11.6 Å². The van der Waals surface area contributed by atoms with E-state index in [0.29, 0.717) is 17.1 Å². The Labute approximate surface area is 113 Å². The van der Waals surface area contributed by atoms with Crippen molar-refractivity contribution in [2.24, 2.45) is 0 Å². The largest absolute Gasteiger partial charge is 0.433 e. The van der Waals surface area contributed by atoms with Gasteiger partial charge in [0.25, 0.3) is 0 Å². The van der Waals surface area contributed by atoms with Crippen LogP contribution in [0, 0.1) is 6.92 Å². The second-order valence-corrected chi connectivity index (χ2v) is 4.27. The molecule has 0 aliphatic carbocycles. The molecule has 2 nitrogen and oxygen atoms in total. The molecule has 0 spiro atoms. The number of alkyl halides is 4. The van der Waals surface area contributed by atoms with E-state index in [2.05, 4.69) is 9.97 Å². The number of hydrogen-bond donors (Lipinski definition) is 0. The Bertz CT molecular complexity index is 579. The third-order valence-electron chi connectivity index (χ3n) is 2.69. The Morgan fingerprint density at radius 3 is 2.37 bits per heavy atom. The molecule has 0 amide bonds. The molecule has 0 aliphatic rings. The molecule has 0 atom stereocenters. The molecule has 0 saturated carbocycles. The third kappa shape index (κ3) is 3.04. The van der Waals surface area contributed by atoms with Crippen LogP contribution in [0.1, 0.15) is 17.0 Å². The molecule has 2 aromatic rings. The van der Waals surface area contributed by atoms with Crippen LogP contribution >= 0.6 is 11.6 Å². The molecule has 2 rings (SSSR count). The lowest BCUT2D eigenvalue weighted by Crippen LogP contribution is -2.07. The maximum absolute atomic E-state index is 12.4. The van der Waals surface area contributed by atoms with E-state index >= 15 is 0 Å². The second-order valence-electron chi connectivity index (χ2n) is 4.00. The standard InChI is InChI=1S/C13H10ClF3N2/c1-8-9(6-14)2-4-11(19-8)10-3-5-12(18-7-10)13(15,16)17/h2-5,7H,6H2,1H3. The predicted octanol–water partition coefficient (Wildman–Crippen LogP) is 4.21. The van der Waals surface area contributed by atoms with Gasteiger partial charge in [0.1, 0.15) is 5.69 Å². The number of aryl methyl sites for hydroxylation is 1. The van der Waals surface area contributed by atoms with Gasteiger partial charge in [-0.05, 0) is 30.7 Å². The molecule has 0 saturated heterocycles. The van der Waals surface area contributed by atoms with E-state index in [0.717, 1.165) is 17.3 Å². The fourth-order valence-electron chi connectivity index (χ4n) is 1.60. The van der Waals surface area contributed by atoms with Gasteiger partial charge in [0, 0.05) is 23.3 Å². The first kappa shape index (κ1) is 13.8. The van der Waals surface area contributed by atoms with E-state index in [9.17, 15) is 13.2 Å². The van der Waals surface area contributed by atoms with Gasteiger partial charge in [-0.2, -0.15) is 13.2 Å². The molecule has 2 aromatic heterocycles. The molecule has 0 N–H and O–H groups in total. The van der Waals surface area contributed by atoms with Crippen molar-refractivity contribution in [1.29, 1.82) is 0 Å². The second kappa shape index (κ2) is 5.17. The zero-order valence-corrected chi connectivity index (χ0v) is 10.8. The average Bonchev–Trinajstić information content (AvgIpc) is 2.38. The molecular weight excluding hydrogens is 277 g/mol. The van der Waals surface area contributed by atoms with Crippen molar-refractivity contribution in [1.82, 2.24) is 9.97 Å². The van der Waals surface area contributed by atoms with Crippen molar-refractivity contribution >= 4 is 11.6 Å². The van der Waals surface area contributed by atoms with Gasteiger partial charge in [-0.1, -0.05) is 6.07 Å². The summed E-state index contributed by atoms with van der Waals surface area (Å²) >= 11 is 5.72. The van der Waals surface area contributed by atoms with Gasteiger partial charge >= 0.3 is 6.18 Å². The molecule has 0 unspecified atom stereocenters. The number of aromatic nitrogens is 2. The van der Waals surface area contributed by atoms with E-state index in [1.807, 2.05) is 6.07 Å². The van der Waals surface area contributed by atoms with Gasteiger partial charge in [-0.25, -0.2) is 0 Å². The highest BCUT2D eigenvalue weighted by molar-refractivity contribution is 6.17. The van der Waals surface area contributed by atoms with Crippen molar-refractivity contribution in [2.75, 3.05) is 0 Å². The van der Waals surface area contributed by atoms with Crippen molar-refractivity contribution in [3.05, 3.63) is 47.4 Å². The van der Waals surface area contributed by atoms with Crippen LogP contribution in [0.5, 0.6) is 0 Å². The first-order valence-electron chi connectivity index (χ1n) is 5.48. The van der Waals surface area contributed by atoms with Crippen LogP contribution in [-0.2, 0) is 12.1 Å². The zero-order valence-electron chi connectivity index (χ0n) is 10.0. The topological polar surface area (TPSA) is 25.8 Å². The Kier molecular flexibility index (Phi) is 3.75. The molecule has 6 heteroatoms. The minimum atomic E-state index is -4.43. The Morgan fingerprint density at radius 1 is 1.16 bits per heavy atom. The molecule has 2 heterocycles. The van der Waals surface area contributed by atoms with Gasteiger partial charge in [-0.15, -0.1) is 11.6 Å². The highest BCUT2D eigenvalue weighted by Crippen LogP contribution is 2.28. The number of hydrogen-bond acceptors (Lipinski definition) is 2. The molecule has 0 bridgehead atoms. The summed E-state index contributed by atoms with van der Waals surface area (Å²) in [5, 5.41) is 0. The fourth-order valence-corrected chi connectivity index (χ4v) is 1.89. The van der Waals surface area contributed by atoms with Crippen LogP contribution in [0.3, 0.4) is 0 Å². The predicted molar refractivity (Wildman–Crippen MR) is 66.8 cm³/mol. The van der Waals surface area contributed by atoms with Crippen LogP contribution in [-0.4, -0.2) is 9.97 Å². The zero-order chi connectivity index (χ0) is 14.0. The van der Waals surface area contributed by atoms with Gasteiger partial charge in [0.2, 0.25) is 0 Å². The minimum Gasteiger partial charge on any atom is -0.253 e. The van der Waals surface area contributed by atoms with Crippen LogP contribution in [0.25, 0.3) is 11.3 Å². The molecule has 0 aromatic carbocycles. The maximum Gasteiger partial charge on any atom is 0.433 e. The normalized spacial score (nSPS) is 11.6. The quantitative estimate of drug-likeness (QED) is 0.773. The molecular formula is C13H10ClF3N2. The fraction of sp³-hybridized carbons (Fsp3) is 0.231. The summed E-state index contributed by atoms with van der Waals surface area (Å²) in [6.45, 7) is 1.80. The summed E-state index contributed by atoms with van der Waals surface area (Å²) in [5.74, 6) is 0.352. The van der Waals surface area contributed by atoms with Crippen LogP contribution in [0.4, 0.5) is 13.2 Å². The maximum atomic E-state index is 12.4. The highest BCUT2D eigenvalue weighted by atomic mass is 35.5. The summed E-state index contributed by atoms with van der Waals surface area (Å²) in [6.07, 6.45) is -3.25. The van der Waals surface area contributed by atoms with Crippen molar-refractivity contribution < 1.29 is 13.2 Å². The lowest BCUT2D eigenvalue weighted by atomic mass is 10.1. The van der Waals surface area contributed by atoms with E-state index < -0.39 is 11.9 Å². The summed E-state index contributed by atoms with van der Waals surface area (Å²) in [7, 11) is 0. The molecule has 0 aliphatic heterocycles. The van der Waals surface area contributed by atoms with E-state index in [1.165, 1.54) is 12.3 Å². The van der Waals surface area contributed by atoms with Gasteiger partial charge in [0.15, 0.2) is 0 Å². The summed E-state index contributed by atoms with van der Waals surface area (Å²) in [4.78, 5) is 7.71. The van der Waals surface area contributed by atoms with Crippen LogP contribution in [0.2, 0.25) is 0 Å². The number of pyridine rings is 2. The molecule has 0 radical (unpaired) electrons. The molecule has 19 heavy (non-hydrogen) atoms. The average molecular weight is 287 g/mol. The van der Waals surface area contributed by atoms with E-state index in [1.54, 1.807) is 13.0 Å². The first-order chi connectivity index (χ1) is 8.91. The van der Waals surface area contributed by atoms with Crippen LogP contribution < -0.4 is 0 Å². The first-order valence-corrected chi connectivity index (χ1v) is 6.01. The number of nitrogens with zero attached hydrogens (tertiary/aromatic N) is 2. The third-order valence-corrected chi connectivity index (χ3v) is 2.98. The van der Waals surface area contributed by atoms with Gasteiger partial charge in [0.05, 0.1) is 5.69 Å². The smallest absolute Gasteiger partial charge is 0.253 e. The minimum absolute atomic E-state index is 0.352. The van der Waals surface area contributed by atoms with Crippen molar-refractivity contribution in [2.45, 2.75) is 19.0 Å². The van der Waals surface area contributed by atoms with Crippen molar-refractivity contribution in [3.63, 3.8) is 0 Å². The Morgan fingerprint density at radius 2 is 1.89 bits per heavy atom. The number of rotatable bonds is 2. The van der Waals surface area contributed by atoms with Gasteiger partial charge < -0.3 is 0 Å². The van der Waals surface area contributed by atoms with E-state index in [-0.39, 0.29) is 0 Å².